The molecule has 0 bridgehead atoms. The molecular formula is C26H25N7O. The monoisotopic (exact) mass is 451 g/mol. The summed E-state index contributed by atoms with van der Waals surface area (Å²) in [5, 5.41) is 10.5. The smallest absolute Gasteiger partial charge is 0.160 e. The first-order chi connectivity index (χ1) is 16.7. The van der Waals surface area contributed by atoms with Crippen molar-refractivity contribution in [3.8, 4) is 11.3 Å². The fourth-order valence-electron chi connectivity index (χ4n) is 4.38. The third-order valence-electron chi connectivity index (χ3n) is 6.02. The molecule has 0 atom stereocenters. The van der Waals surface area contributed by atoms with E-state index in [-0.39, 0.29) is 0 Å². The van der Waals surface area contributed by atoms with E-state index in [0.29, 0.717) is 19.0 Å². The number of anilines is 2. The fraction of sp³-hybridized carbons (Fsp3) is 0.192. The highest BCUT2D eigenvalue weighted by molar-refractivity contribution is 5.98. The lowest BCUT2D eigenvalue weighted by molar-refractivity contribution is 0.122. The van der Waals surface area contributed by atoms with E-state index in [4.69, 9.17) is 14.8 Å². The Morgan fingerprint density at radius 2 is 1.88 bits per heavy atom. The Morgan fingerprint density at radius 3 is 2.74 bits per heavy atom. The molecule has 0 aliphatic carbocycles. The molecule has 0 saturated carbocycles. The number of ether oxygens (including phenoxy) is 1. The van der Waals surface area contributed by atoms with Gasteiger partial charge in [-0.3, -0.25) is 5.43 Å². The van der Waals surface area contributed by atoms with Crippen LogP contribution in [0, 0.1) is 6.92 Å². The van der Waals surface area contributed by atoms with Gasteiger partial charge >= 0.3 is 0 Å². The normalized spacial score (nSPS) is 14.4. The summed E-state index contributed by atoms with van der Waals surface area (Å²) in [6, 6.07) is 22.5. The summed E-state index contributed by atoms with van der Waals surface area (Å²) in [7, 11) is 0. The van der Waals surface area contributed by atoms with Crippen molar-refractivity contribution in [3.63, 3.8) is 0 Å². The number of aromatic amines is 1. The van der Waals surface area contributed by atoms with Crippen LogP contribution in [-0.4, -0.2) is 52.1 Å². The van der Waals surface area contributed by atoms with Crippen LogP contribution in [0.4, 0.5) is 11.6 Å². The molecule has 8 heteroatoms. The molecule has 34 heavy (non-hydrogen) atoms. The molecule has 2 N–H and O–H groups in total. The number of H-pyrrole nitrogens is 1. The van der Waals surface area contributed by atoms with Gasteiger partial charge in [0.25, 0.3) is 0 Å². The molecular weight excluding hydrogens is 426 g/mol. The van der Waals surface area contributed by atoms with Crippen LogP contribution in [0.5, 0.6) is 0 Å². The lowest BCUT2D eigenvalue weighted by atomic mass is 10.1. The number of hydrogen-bond acceptors (Lipinski definition) is 6. The molecule has 1 aliphatic heterocycles. The maximum absolute atomic E-state index is 5.56. The second-order valence-electron chi connectivity index (χ2n) is 8.40. The molecule has 170 valence electrons. The fourth-order valence-corrected chi connectivity index (χ4v) is 4.38. The number of para-hydroxylation sites is 1. The number of benzene rings is 2. The Kier molecular flexibility index (Phi) is 5.20. The van der Waals surface area contributed by atoms with Gasteiger partial charge in [0.15, 0.2) is 11.5 Å². The molecule has 1 aliphatic rings. The average Bonchev–Trinajstić information content (AvgIpc) is 3.48. The van der Waals surface area contributed by atoms with E-state index in [9.17, 15) is 0 Å². The number of hydrazone groups is 1. The minimum absolute atomic E-state index is 0.666. The Labute approximate surface area is 196 Å². The van der Waals surface area contributed by atoms with Crippen molar-refractivity contribution >= 4 is 34.4 Å². The minimum atomic E-state index is 0.666. The van der Waals surface area contributed by atoms with Crippen molar-refractivity contribution in [2.45, 2.75) is 6.92 Å². The Balaban J connectivity index is 1.36. The summed E-state index contributed by atoms with van der Waals surface area (Å²) in [5.41, 5.74) is 9.06. The number of morpholine rings is 1. The van der Waals surface area contributed by atoms with E-state index in [1.807, 2.05) is 53.2 Å². The topological polar surface area (TPSA) is 82.8 Å². The van der Waals surface area contributed by atoms with E-state index >= 15 is 0 Å². The van der Waals surface area contributed by atoms with Gasteiger partial charge in [-0.2, -0.15) is 14.7 Å². The van der Waals surface area contributed by atoms with Crippen LogP contribution in [0.3, 0.4) is 0 Å². The Morgan fingerprint density at radius 1 is 1.03 bits per heavy atom. The molecule has 0 radical (unpaired) electrons. The summed E-state index contributed by atoms with van der Waals surface area (Å²) < 4.78 is 7.47. The van der Waals surface area contributed by atoms with Crippen molar-refractivity contribution in [1.82, 2.24) is 19.6 Å². The number of nitrogens with zero attached hydrogens (tertiary/aromatic N) is 5. The first-order valence-electron chi connectivity index (χ1n) is 11.4. The number of aromatic nitrogens is 4. The van der Waals surface area contributed by atoms with E-state index in [0.717, 1.165) is 52.6 Å². The standard InChI is InChI=1S/C26H25N7O/c1-18-14-20-8-5-9-21(26(20)28-18)17-27-30-23-16-25(32-10-12-34-13-11-32)33-24(29-23)15-22(31-33)19-6-3-2-4-7-19/h2-9,14-17,28H,10-13H2,1H3,(H,29,30)/b27-17+. The lowest BCUT2D eigenvalue weighted by Gasteiger charge is -2.29. The number of hydrogen-bond donors (Lipinski definition) is 2. The molecule has 2 aromatic carbocycles. The average molecular weight is 452 g/mol. The van der Waals surface area contributed by atoms with Gasteiger partial charge in [-0.05, 0) is 13.0 Å². The quantitative estimate of drug-likeness (QED) is 0.304. The van der Waals surface area contributed by atoms with Gasteiger partial charge in [0.2, 0.25) is 0 Å². The molecule has 0 spiro atoms. The molecule has 1 saturated heterocycles. The number of fused-ring (bicyclic) bond motifs is 2. The highest BCUT2D eigenvalue weighted by atomic mass is 16.5. The summed E-state index contributed by atoms with van der Waals surface area (Å²) in [5.74, 6) is 1.63. The molecule has 1 fully saturated rings. The second-order valence-corrected chi connectivity index (χ2v) is 8.40. The lowest BCUT2D eigenvalue weighted by Crippen LogP contribution is -2.37. The summed E-state index contributed by atoms with van der Waals surface area (Å²) in [6.45, 7) is 5.04. The maximum atomic E-state index is 5.56. The van der Waals surface area contributed by atoms with Crippen LogP contribution < -0.4 is 10.3 Å². The van der Waals surface area contributed by atoms with E-state index in [2.05, 4.69) is 51.6 Å². The predicted molar refractivity (Wildman–Crippen MR) is 136 cm³/mol. The largest absolute Gasteiger partial charge is 0.378 e. The van der Waals surface area contributed by atoms with Crippen LogP contribution in [0.25, 0.3) is 27.8 Å². The molecule has 0 unspecified atom stereocenters. The van der Waals surface area contributed by atoms with Crippen molar-refractivity contribution in [2.75, 3.05) is 36.6 Å². The number of nitrogens with one attached hydrogen (secondary N) is 2. The Bertz CT molecular complexity index is 1480. The molecule has 3 aromatic heterocycles. The van der Waals surface area contributed by atoms with E-state index < -0.39 is 0 Å². The minimum Gasteiger partial charge on any atom is -0.378 e. The van der Waals surface area contributed by atoms with Crippen LogP contribution in [0.2, 0.25) is 0 Å². The summed E-state index contributed by atoms with van der Waals surface area (Å²) in [6.07, 6.45) is 1.82. The van der Waals surface area contributed by atoms with Crippen molar-refractivity contribution < 1.29 is 4.74 Å². The van der Waals surface area contributed by atoms with Crippen LogP contribution in [0.15, 0.2) is 71.8 Å². The van der Waals surface area contributed by atoms with Crippen molar-refractivity contribution in [2.24, 2.45) is 5.10 Å². The summed E-state index contributed by atoms with van der Waals surface area (Å²) in [4.78, 5) is 10.5. The third kappa shape index (κ3) is 3.88. The zero-order chi connectivity index (χ0) is 22.9. The highest BCUT2D eigenvalue weighted by Gasteiger charge is 2.18. The molecule has 5 aromatic rings. The van der Waals surface area contributed by atoms with Gasteiger partial charge in [-0.15, -0.1) is 0 Å². The first kappa shape index (κ1) is 20.4. The molecule has 6 rings (SSSR count). The third-order valence-corrected chi connectivity index (χ3v) is 6.02. The van der Waals surface area contributed by atoms with Crippen LogP contribution >= 0.6 is 0 Å². The summed E-state index contributed by atoms with van der Waals surface area (Å²) >= 11 is 0. The predicted octanol–water partition coefficient (Wildman–Crippen LogP) is 4.47. The van der Waals surface area contributed by atoms with Gasteiger partial charge in [-0.1, -0.05) is 48.5 Å². The van der Waals surface area contributed by atoms with E-state index in [1.54, 1.807) is 0 Å². The zero-order valence-corrected chi connectivity index (χ0v) is 18.9. The van der Waals surface area contributed by atoms with Gasteiger partial charge in [0.1, 0.15) is 5.82 Å². The van der Waals surface area contributed by atoms with Crippen molar-refractivity contribution in [1.29, 1.82) is 0 Å². The van der Waals surface area contributed by atoms with Crippen LogP contribution in [0.1, 0.15) is 11.3 Å². The molecule has 8 nitrogen and oxygen atoms in total. The van der Waals surface area contributed by atoms with Gasteiger partial charge in [0, 0.05) is 47.4 Å². The van der Waals surface area contributed by atoms with Crippen molar-refractivity contribution in [3.05, 3.63) is 78.0 Å². The number of aryl methyl sites for hydroxylation is 1. The van der Waals surface area contributed by atoms with E-state index in [1.165, 1.54) is 5.39 Å². The van der Waals surface area contributed by atoms with Crippen LogP contribution in [-0.2, 0) is 4.74 Å². The Hall–Kier alpha value is -4.17. The SMILES string of the molecule is Cc1cc2cccc(/C=N/Nc3cc(N4CCOCC4)n4nc(-c5ccccc5)cc4n3)c2[nH]1. The first-order valence-corrected chi connectivity index (χ1v) is 11.4. The molecule has 0 amide bonds. The maximum Gasteiger partial charge on any atom is 0.160 e. The molecule has 4 heterocycles. The zero-order valence-electron chi connectivity index (χ0n) is 18.9. The second kappa shape index (κ2) is 8.64. The van der Waals surface area contributed by atoms with Gasteiger partial charge < -0.3 is 14.6 Å². The van der Waals surface area contributed by atoms with Gasteiger partial charge in [-0.25, -0.2) is 4.98 Å². The highest BCUT2D eigenvalue weighted by Crippen LogP contribution is 2.26. The number of rotatable bonds is 5. The van der Waals surface area contributed by atoms with Gasteiger partial charge in [0.05, 0.1) is 30.6 Å².